The van der Waals surface area contributed by atoms with Crippen molar-refractivity contribution >= 4 is 29.5 Å². The van der Waals surface area contributed by atoms with Gasteiger partial charge in [0.25, 0.3) is 11.8 Å². The third-order valence-electron chi connectivity index (χ3n) is 6.48. The van der Waals surface area contributed by atoms with Gasteiger partial charge in [-0.3, -0.25) is 14.4 Å². The highest BCUT2D eigenvalue weighted by Gasteiger charge is 2.20. The molecule has 1 aliphatic rings. The van der Waals surface area contributed by atoms with Gasteiger partial charge < -0.3 is 25.1 Å². The van der Waals surface area contributed by atoms with E-state index in [9.17, 15) is 23.9 Å². The van der Waals surface area contributed by atoms with E-state index < -0.39 is 5.82 Å². The number of aromatic hydroxyl groups is 1. The molecule has 1 aliphatic heterocycles. The molecular weight excluding hydrogens is 521 g/mol. The van der Waals surface area contributed by atoms with Crippen LogP contribution in [0.2, 0.25) is 0 Å². The van der Waals surface area contributed by atoms with E-state index in [-0.39, 0.29) is 58.9 Å². The fraction of sp³-hybridized carbons (Fsp3) is 0.345. The molecule has 0 spiro atoms. The summed E-state index contributed by atoms with van der Waals surface area (Å²) in [6.45, 7) is 1.36. The number of hydrogen-bond acceptors (Lipinski definition) is 6. The molecule has 0 aliphatic carbocycles. The number of hydrogen-bond donors (Lipinski definition) is 3. The first-order valence-corrected chi connectivity index (χ1v) is 14.3. The molecule has 10 heteroatoms. The van der Waals surface area contributed by atoms with E-state index in [1.165, 1.54) is 24.3 Å². The molecule has 3 aromatic rings. The molecule has 39 heavy (non-hydrogen) atoms. The Morgan fingerprint density at radius 1 is 1.00 bits per heavy atom. The number of phenols is 1. The molecule has 2 heterocycles. The average molecular weight is 554 g/mol. The molecule has 3 amide bonds. The summed E-state index contributed by atoms with van der Waals surface area (Å²) in [7, 11) is 0. The molecule has 0 atom stereocenters. The van der Waals surface area contributed by atoms with Gasteiger partial charge in [0, 0.05) is 49.3 Å². The molecule has 0 saturated heterocycles. The average Bonchev–Trinajstić information content (AvgIpc) is 3.39. The number of thioether (sulfide) groups is 1. The number of furan rings is 1. The molecular formula is C29H32FN3O5S. The fourth-order valence-corrected chi connectivity index (χ4v) is 4.89. The lowest BCUT2D eigenvalue weighted by Gasteiger charge is -2.22. The van der Waals surface area contributed by atoms with Gasteiger partial charge in [0.15, 0.2) is 5.76 Å². The Balaban J connectivity index is 1.54. The highest BCUT2D eigenvalue weighted by Crippen LogP contribution is 2.33. The number of carbonyl (C=O) groups is 3. The summed E-state index contributed by atoms with van der Waals surface area (Å²) in [6, 6.07) is 12.3. The Morgan fingerprint density at radius 3 is 2.64 bits per heavy atom. The van der Waals surface area contributed by atoms with Crippen LogP contribution in [-0.2, 0) is 17.0 Å². The Morgan fingerprint density at radius 2 is 1.82 bits per heavy atom. The van der Waals surface area contributed by atoms with Crippen molar-refractivity contribution in [2.45, 2.75) is 31.4 Å². The molecule has 0 saturated carbocycles. The molecule has 3 N–H and O–H groups in total. The fourth-order valence-electron chi connectivity index (χ4n) is 4.45. The maximum Gasteiger partial charge on any atom is 0.289 e. The minimum Gasteiger partial charge on any atom is -0.507 e. The van der Waals surface area contributed by atoms with Crippen LogP contribution in [0.5, 0.6) is 5.75 Å². The normalized spacial score (nSPS) is 15.5. The summed E-state index contributed by atoms with van der Waals surface area (Å²) >= 11 is 1.60. The van der Waals surface area contributed by atoms with Gasteiger partial charge in [-0.2, -0.15) is 11.8 Å². The molecule has 2 aromatic carbocycles. The zero-order valence-electron chi connectivity index (χ0n) is 21.8. The topological polar surface area (TPSA) is 112 Å². The van der Waals surface area contributed by atoms with Crippen LogP contribution in [0.3, 0.4) is 0 Å². The standard InChI is InChI=1S/C29H32FN3O5S/c1-39-18-21-7-10-26(38-21)29(37)33-14-2-4-27(35)31-13-11-19-5-9-25(34)23(16-19)22-17-20(6-8-24(22)30)28(36)32-12-3-15-33/h5-10,16-17,34H,2-4,11-15,18H2,1H3,(H,31,35)(H,32,36). The van der Waals surface area contributed by atoms with E-state index in [1.54, 1.807) is 40.9 Å². The van der Waals surface area contributed by atoms with Crippen molar-refractivity contribution < 1.29 is 28.3 Å². The first-order chi connectivity index (χ1) is 18.9. The molecule has 0 fully saturated rings. The molecule has 8 nitrogen and oxygen atoms in total. The number of carbonyl (C=O) groups excluding carboxylic acids is 3. The molecule has 1 aromatic heterocycles. The van der Waals surface area contributed by atoms with Crippen molar-refractivity contribution in [3.8, 4) is 16.9 Å². The Kier molecular flexibility index (Phi) is 9.64. The minimum absolute atomic E-state index is 0.105. The lowest BCUT2D eigenvalue weighted by atomic mass is 9.98. The third kappa shape index (κ3) is 7.41. The largest absolute Gasteiger partial charge is 0.507 e. The van der Waals surface area contributed by atoms with Crippen molar-refractivity contribution in [2.24, 2.45) is 0 Å². The molecule has 4 bridgehead atoms. The Bertz CT molecular complexity index is 1340. The summed E-state index contributed by atoms with van der Waals surface area (Å²) in [6.07, 6.45) is 3.61. The van der Waals surface area contributed by atoms with Crippen LogP contribution < -0.4 is 10.6 Å². The van der Waals surface area contributed by atoms with Gasteiger partial charge in [0.2, 0.25) is 5.91 Å². The Hall–Kier alpha value is -3.79. The van der Waals surface area contributed by atoms with Gasteiger partial charge in [-0.05, 0) is 73.5 Å². The number of fused-ring (bicyclic) bond motifs is 5. The first-order valence-electron chi connectivity index (χ1n) is 12.9. The van der Waals surface area contributed by atoms with Gasteiger partial charge in [-0.25, -0.2) is 4.39 Å². The van der Waals surface area contributed by atoms with Gasteiger partial charge in [-0.1, -0.05) is 6.07 Å². The predicted molar refractivity (Wildman–Crippen MR) is 148 cm³/mol. The summed E-state index contributed by atoms with van der Waals surface area (Å²) in [4.78, 5) is 40.1. The second kappa shape index (κ2) is 13.3. The zero-order valence-corrected chi connectivity index (χ0v) is 22.6. The van der Waals surface area contributed by atoms with Crippen LogP contribution in [0.4, 0.5) is 4.39 Å². The second-order valence-corrected chi connectivity index (χ2v) is 10.2. The number of phenolic OH excluding ortho intramolecular Hbond substituents is 1. The molecule has 206 valence electrons. The first kappa shape index (κ1) is 28.2. The van der Waals surface area contributed by atoms with Crippen molar-refractivity contribution in [2.75, 3.05) is 32.4 Å². The van der Waals surface area contributed by atoms with Gasteiger partial charge in [0.1, 0.15) is 17.3 Å². The molecule has 4 rings (SSSR count). The molecule has 0 radical (unpaired) electrons. The lowest BCUT2D eigenvalue weighted by molar-refractivity contribution is -0.121. The summed E-state index contributed by atoms with van der Waals surface area (Å²) < 4.78 is 20.5. The zero-order chi connectivity index (χ0) is 27.8. The van der Waals surface area contributed by atoms with Crippen LogP contribution in [-0.4, -0.2) is 60.2 Å². The smallest absolute Gasteiger partial charge is 0.289 e. The van der Waals surface area contributed by atoms with E-state index in [0.29, 0.717) is 50.4 Å². The van der Waals surface area contributed by atoms with Crippen molar-refractivity contribution in [3.63, 3.8) is 0 Å². The third-order valence-corrected chi connectivity index (χ3v) is 7.06. The molecule has 0 unspecified atom stereocenters. The minimum atomic E-state index is -0.564. The highest BCUT2D eigenvalue weighted by atomic mass is 32.2. The summed E-state index contributed by atoms with van der Waals surface area (Å²) in [5.74, 6) is 0.173. The van der Waals surface area contributed by atoms with Crippen molar-refractivity contribution in [1.82, 2.24) is 15.5 Å². The quantitative estimate of drug-likeness (QED) is 0.444. The number of nitrogens with one attached hydrogen (secondary N) is 2. The van der Waals surface area contributed by atoms with Gasteiger partial charge >= 0.3 is 0 Å². The monoisotopic (exact) mass is 553 g/mol. The van der Waals surface area contributed by atoms with E-state index in [0.717, 1.165) is 5.56 Å². The van der Waals surface area contributed by atoms with E-state index in [4.69, 9.17) is 4.42 Å². The van der Waals surface area contributed by atoms with Crippen LogP contribution in [0.25, 0.3) is 11.1 Å². The lowest BCUT2D eigenvalue weighted by Crippen LogP contribution is -2.35. The maximum atomic E-state index is 14.8. The Labute approximate surface area is 231 Å². The van der Waals surface area contributed by atoms with Crippen LogP contribution >= 0.6 is 11.8 Å². The van der Waals surface area contributed by atoms with Crippen LogP contribution in [0.15, 0.2) is 52.9 Å². The second-order valence-electron chi connectivity index (χ2n) is 9.35. The number of rotatable bonds is 3. The van der Waals surface area contributed by atoms with E-state index in [1.807, 2.05) is 6.26 Å². The number of halogens is 1. The summed E-state index contributed by atoms with van der Waals surface area (Å²) in [5, 5.41) is 16.1. The number of nitrogens with zero attached hydrogens (tertiary/aromatic N) is 1. The van der Waals surface area contributed by atoms with Gasteiger partial charge in [-0.15, -0.1) is 0 Å². The maximum absolute atomic E-state index is 14.8. The summed E-state index contributed by atoms with van der Waals surface area (Å²) in [5.41, 5.74) is 1.44. The predicted octanol–water partition coefficient (Wildman–Crippen LogP) is 4.37. The number of amides is 3. The highest BCUT2D eigenvalue weighted by molar-refractivity contribution is 7.97. The van der Waals surface area contributed by atoms with Crippen LogP contribution in [0, 0.1) is 5.82 Å². The number of benzene rings is 2. The van der Waals surface area contributed by atoms with Crippen LogP contribution in [0.1, 0.15) is 51.5 Å². The van der Waals surface area contributed by atoms with E-state index >= 15 is 0 Å². The van der Waals surface area contributed by atoms with Gasteiger partial charge in [0.05, 0.1) is 5.75 Å². The van der Waals surface area contributed by atoms with E-state index in [2.05, 4.69) is 10.6 Å². The van der Waals surface area contributed by atoms with Crippen molar-refractivity contribution in [3.05, 3.63) is 77.0 Å². The van der Waals surface area contributed by atoms with Crippen molar-refractivity contribution in [1.29, 1.82) is 0 Å². The SMILES string of the molecule is CSCc1ccc(C(=O)N2CCCNC(=O)c3ccc(F)c(c3)-c3cc(ccc3O)CCNC(=O)CCC2)o1.